The van der Waals surface area contributed by atoms with Crippen LogP contribution >= 0.6 is 0 Å². The molecule has 1 unspecified atom stereocenters. The van der Waals surface area contributed by atoms with Crippen molar-refractivity contribution in [3.8, 4) is 17.2 Å². The van der Waals surface area contributed by atoms with E-state index >= 15 is 0 Å². The van der Waals surface area contributed by atoms with Gasteiger partial charge < -0.3 is 24.6 Å². The highest BCUT2D eigenvalue weighted by atomic mass is 16.5. The topological polar surface area (TPSA) is 82.5 Å². The Bertz CT molecular complexity index is 982. The monoisotopic (exact) mass is 510 g/mol. The number of carbonyl (C=O) groups excluding carboxylic acids is 1. The normalized spacial score (nSPS) is 15.2. The van der Waals surface area contributed by atoms with Crippen LogP contribution in [0.2, 0.25) is 0 Å². The van der Waals surface area contributed by atoms with Crippen LogP contribution in [0.4, 0.5) is 0 Å². The highest BCUT2D eigenvalue weighted by Gasteiger charge is 2.22. The van der Waals surface area contributed by atoms with Gasteiger partial charge in [0.05, 0.1) is 19.3 Å². The van der Waals surface area contributed by atoms with Crippen LogP contribution in [0.1, 0.15) is 62.3 Å². The lowest BCUT2D eigenvalue weighted by Crippen LogP contribution is -2.49. The molecule has 1 aliphatic heterocycles. The quantitative estimate of drug-likeness (QED) is 0.293. The van der Waals surface area contributed by atoms with Crippen LogP contribution in [0, 0.1) is 6.92 Å². The standard InChI is InChI=1S/C30H42N2O5/c1-4-6-18-36-27-20-24(21-28(30(27)35)37-19-7-5-2)10-13-29(34)32-16-14-31(15-17-32)22-26(33)25-11-8-23(3)9-12-25/h8-13,20-21,26,33,35H,4-7,14-19,22H2,1-3H3/b13-10+. The number of aromatic hydroxyl groups is 1. The molecular weight excluding hydrogens is 468 g/mol. The van der Waals surface area contributed by atoms with E-state index in [0.29, 0.717) is 57.4 Å². The van der Waals surface area contributed by atoms with E-state index < -0.39 is 6.10 Å². The Hall–Kier alpha value is -3.03. The lowest BCUT2D eigenvalue weighted by molar-refractivity contribution is -0.127. The second kappa shape index (κ2) is 14.6. The number of amides is 1. The molecule has 0 aliphatic carbocycles. The van der Waals surface area contributed by atoms with Crippen molar-refractivity contribution in [2.45, 2.75) is 52.6 Å². The summed E-state index contributed by atoms with van der Waals surface area (Å²) in [4.78, 5) is 16.9. The smallest absolute Gasteiger partial charge is 0.246 e. The molecular formula is C30H42N2O5. The number of hydrogen-bond acceptors (Lipinski definition) is 6. The first-order chi connectivity index (χ1) is 17.9. The van der Waals surface area contributed by atoms with Crippen LogP contribution in [0.15, 0.2) is 42.5 Å². The number of benzene rings is 2. The van der Waals surface area contributed by atoms with Crippen LogP contribution in [0.5, 0.6) is 17.2 Å². The highest BCUT2D eigenvalue weighted by Crippen LogP contribution is 2.38. The number of β-amino-alcohol motifs (C(OH)–C–C–N with tert-alkyl or cyclic N) is 1. The molecule has 1 heterocycles. The molecule has 0 aromatic heterocycles. The molecule has 2 aromatic carbocycles. The lowest BCUT2D eigenvalue weighted by Gasteiger charge is -2.35. The number of nitrogens with zero attached hydrogens (tertiary/aromatic N) is 2. The molecule has 37 heavy (non-hydrogen) atoms. The minimum atomic E-state index is -0.542. The van der Waals surface area contributed by atoms with Crippen molar-refractivity contribution < 1.29 is 24.5 Å². The van der Waals surface area contributed by atoms with Crippen molar-refractivity contribution in [1.82, 2.24) is 9.80 Å². The number of phenols is 1. The third-order valence-corrected chi connectivity index (χ3v) is 6.57. The number of rotatable bonds is 13. The number of unbranched alkanes of at least 4 members (excludes halogenated alkanes) is 2. The van der Waals surface area contributed by atoms with E-state index in [-0.39, 0.29) is 11.7 Å². The van der Waals surface area contributed by atoms with Gasteiger partial charge in [-0.05, 0) is 49.1 Å². The van der Waals surface area contributed by atoms with Gasteiger partial charge >= 0.3 is 0 Å². The summed E-state index contributed by atoms with van der Waals surface area (Å²) >= 11 is 0. The van der Waals surface area contributed by atoms with Gasteiger partial charge in [0.2, 0.25) is 11.7 Å². The van der Waals surface area contributed by atoms with Gasteiger partial charge in [-0.1, -0.05) is 56.5 Å². The molecule has 1 amide bonds. The minimum Gasteiger partial charge on any atom is -0.502 e. The van der Waals surface area contributed by atoms with E-state index in [2.05, 4.69) is 18.7 Å². The number of aliphatic hydroxyl groups is 1. The van der Waals surface area contributed by atoms with Gasteiger partial charge in [0, 0.05) is 38.8 Å². The first-order valence-corrected chi connectivity index (χ1v) is 13.5. The van der Waals surface area contributed by atoms with E-state index in [1.165, 1.54) is 5.56 Å². The molecule has 0 radical (unpaired) electrons. The average Bonchev–Trinajstić information content (AvgIpc) is 2.90. The first-order valence-electron chi connectivity index (χ1n) is 13.5. The third kappa shape index (κ3) is 8.79. The summed E-state index contributed by atoms with van der Waals surface area (Å²) in [6, 6.07) is 11.4. The Labute approximate surface area is 221 Å². The maximum atomic E-state index is 12.9. The third-order valence-electron chi connectivity index (χ3n) is 6.57. The van der Waals surface area contributed by atoms with Crippen LogP contribution in [0.25, 0.3) is 6.08 Å². The van der Waals surface area contributed by atoms with Crippen LogP contribution in [-0.4, -0.2) is 71.9 Å². The van der Waals surface area contributed by atoms with Crippen molar-refractivity contribution >= 4 is 12.0 Å². The van der Waals surface area contributed by atoms with Crippen molar-refractivity contribution in [2.24, 2.45) is 0 Å². The summed E-state index contributed by atoms with van der Waals surface area (Å²) in [5.41, 5.74) is 2.82. The van der Waals surface area contributed by atoms with E-state index in [1.54, 1.807) is 24.3 Å². The molecule has 2 N–H and O–H groups in total. The predicted octanol–water partition coefficient (Wildman–Crippen LogP) is 4.95. The fourth-order valence-corrected chi connectivity index (χ4v) is 4.13. The van der Waals surface area contributed by atoms with Crippen molar-refractivity contribution in [3.05, 3.63) is 59.2 Å². The molecule has 1 aliphatic rings. The summed E-state index contributed by atoms with van der Waals surface area (Å²) in [5, 5.41) is 21.2. The lowest BCUT2D eigenvalue weighted by atomic mass is 10.1. The SMILES string of the molecule is CCCCOc1cc(/C=C/C(=O)N2CCN(CC(O)c3ccc(C)cc3)CC2)cc(OCCCC)c1O. The Balaban J connectivity index is 1.57. The molecule has 1 fully saturated rings. The Morgan fingerprint density at radius 3 is 2.08 bits per heavy atom. The van der Waals surface area contributed by atoms with Gasteiger partial charge in [0.15, 0.2) is 11.5 Å². The van der Waals surface area contributed by atoms with Gasteiger partial charge in [-0.15, -0.1) is 0 Å². The van der Waals surface area contributed by atoms with Crippen LogP contribution < -0.4 is 9.47 Å². The van der Waals surface area contributed by atoms with Gasteiger partial charge in [-0.2, -0.15) is 0 Å². The largest absolute Gasteiger partial charge is 0.502 e. The van der Waals surface area contributed by atoms with Gasteiger partial charge in [-0.25, -0.2) is 0 Å². The Morgan fingerprint density at radius 2 is 1.54 bits per heavy atom. The average molecular weight is 511 g/mol. The molecule has 3 rings (SSSR count). The van der Waals surface area contributed by atoms with E-state index in [1.807, 2.05) is 36.1 Å². The predicted molar refractivity (Wildman–Crippen MR) is 147 cm³/mol. The minimum absolute atomic E-state index is 0.000343. The van der Waals surface area contributed by atoms with Gasteiger partial charge in [0.25, 0.3) is 0 Å². The number of piperazine rings is 1. The second-order valence-corrected chi connectivity index (χ2v) is 9.66. The number of aliphatic hydroxyl groups excluding tert-OH is 1. The number of hydrogen-bond donors (Lipinski definition) is 2. The number of carbonyl (C=O) groups is 1. The Kier molecular flexibility index (Phi) is 11.3. The summed E-state index contributed by atoms with van der Waals surface area (Å²) in [7, 11) is 0. The highest BCUT2D eigenvalue weighted by molar-refractivity contribution is 5.92. The Morgan fingerprint density at radius 1 is 0.973 bits per heavy atom. The van der Waals surface area contributed by atoms with Gasteiger partial charge in [-0.3, -0.25) is 9.69 Å². The number of ether oxygens (including phenoxy) is 2. The van der Waals surface area contributed by atoms with E-state index in [4.69, 9.17) is 9.47 Å². The molecule has 202 valence electrons. The molecule has 7 nitrogen and oxygen atoms in total. The molecule has 0 saturated carbocycles. The van der Waals surface area contributed by atoms with Crippen molar-refractivity contribution in [1.29, 1.82) is 0 Å². The maximum absolute atomic E-state index is 12.9. The van der Waals surface area contributed by atoms with Crippen molar-refractivity contribution in [2.75, 3.05) is 45.9 Å². The molecule has 7 heteroatoms. The summed E-state index contributed by atoms with van der Waals surface area (Å²) in [6.45, 7) is 10.4. The van der Waals surface area contributed by atoms with E-state index in [9.17, 15) is 15.0 Å². The zero-order valence-corrected chi connectivity index (χ0v) is 22.5. The zero-order chi connectivity index (χ0) is 26.6. The van der Waals surface area contributed by atoms with E-state index in [0.717, 1.165) is 36.8 Å². The fraction of sp³-hybridized carbons (Fsp3) is 0.500. The summed E-state index contributed by atoms with van der Waals surface area (Å²) in [6.07, 6.45) is 6.53. The summed E-state index contributed by atoms with van der Waals surface area (Å²) < 4.78 is 11.6. The van der Waals surface area contributed by atoms with Crippen LogP contribution in [-0.2, 0) is 4.79 Å². The number of phenolic OH excluding ortho intramolecular Hbond substituents is 1. The molecule has 0 spiro atoms. The maximum Gasteiger partial charge on any atom is 0.246 e. The molecule has 1 saturated heterocycles. The molecule has 0 bridgehead atoms. The number of aryl methyl sites for hydroxylation is 1. The fourth-order valence-electron chi connectivity index (χ4n) is 4.13. The summed E-state index contributed by atoms with van der Waals surface area (Å²) in [5.74, 6) is 0.680. The second-order valence-electron chi connectivity index (χ2n) is 9.66. The van der Waals surface area contributed by atoms with Crippen molar-refractivity contribution in [3.63, 3.8) is 0 Å². The first kappa shape index (κ1) is 28.5. The zero-order valence-electron chi connectivity index (χ0n) is 22.5. The molecule has 2 aromatic rings. The van der Waals surface area contributed by atoms with Gasteiger partial charge in [0.1, 0.15) is 0 Å². The molecule has 1 atom stereocenters. The van der Waals surface area contributed by atoms with Crippen LogP contribution in [0.3, 0.4) is 0 Å².